The Morgan fingerprint density at radius 2 is 1.97 bits per heavy atom. The number of aromatic nitrogens is 1. The average molecular weight is 515 g/mol. The molecule has 3 heterocycles. The van der Waals surface area contributed by atoms with E-state index >= 15 is 0 Å². The van der Waals surface area contributed by atoms with Crippen molar-refractivity contribution in [2.24, 2.45) is 5.92 Å². The lowest BCUT2D eigenvalue weighted by Gasteiger charge is -2.18. The Kier molecular flexibility index (Phi) is 6.04. The SMILES string of the molecule is CCOC(=O)c1c(NC(=O)c2cc(-c3ccc4c(c3)OCO4)nc3ccccc23)sc2c1CCC(C)C2. The molecule has 0 bridgehead atoms. The van der Waals surface area contributed by atoms with Gasteiger partial charge >= 0.3 is 5.97 Å². The number of hydrogen-bond donors (Lipinski definition) is 1. The first-order valence-electron chi connectivity index (χ1n) is 12.4. The molecule has 1 atom stereocenters. The molecule has 2 aromatic heterocycles. The maximum absolute atomic E-state index is 13.8. The third kappa shape index (κ3) is 4.31. The van der Waals surface area contributed by atoms with Gasteiger partial charge in [0, 0.05) is 15.8 Å². The fourth-order valence-corrected chi connectivity index (χ4v) is 6.39. The molecular formula is C29H26N2O5S. The van der Waals surface area contributed by atoms with E-state index in [0.717, 1.165) is 40.7 Å². The van der Waals surface area contributed by atoms with Crippen molar-refractivity contribution < 1.29 is 23.8 Å². The normalized spacial score (nSPS) is 15.9. The van der Waals surface area contributed by atoms with E-state index in [2.05, 4.69) is 12.2 Å². The monoisotopic (exact) mass is 514 g/mol. The third-order valence-electron chi connectivity index (χ3n) is 6.85. The van der Waals surface area contributed by atoms with Crippen molar-refractivity contribution in [3.05, 3.63) is 70.1 Å². The number of hydrogen-bond acceptors (Lipinski definition) is 7. The molecule has 1 aliphatic heterocycles. The number of rotatable bonds is 5. The van der Waals surface area contributed by atoms with E-state index in [1.54, 1.807) is 13.0 Å². The zero-order chi connectivity index (χ0) is 25.5. The van der Waals surface area contributed by atoms with Crippen LogP contribution in [0.25, 0.3) is 22.2 Å². The van der Waals surface area contributed by atoms with E-state index in [1.807, 2.05) is 42.5 Å². The number of ether oxygens (including phenoxy) is 3. The Hall–Kier alpha value is -3.91. The highest BCUT2D eigenvalue weighted by molar-refractivity contribution is 7.17. The minimum atomic E-state index is -0.384. The Bertz CT molecular complexity index is 1540. The number of pyridine rings is 1. The number of nitrogens with zero attached hydrogens (tertiary/aromatic N) is 1. The van der Waals surface area contributed by atoms with E-state index in [1.165, 1.54) is 11.3 Å². The van der Waals surface area contributed by atoms with Gasteiger partial charge < -0.3 is 19.5 Å². The van der Waals surface area contributed by atoms with Gasteiger partial charge in [-0.15, -0.1) is 11.3 Å². The van der Waals surface area contributed by atoms with Crippen molar-refractivity contribution in [3.8, 4) is 22.8 Å². The number of carbonyl (C=O) groups excluding carboxylic acids is 2. The van der Waals surface area contributed by atoms with Gasteiger partial charge in [0.25, 0.3) is 5.91 Å². The fourth-order valence-electron chi connectivity index (χ4n) is 5.00. The Balaban J connectivity index is 1.41. The summed E-state index contributed by atoms with van der Waals surface area (Å²) >= 11 is 1.48. The lowest BCUT2D eigenvalue weighted by Crippen LogP contribution is -2.17. The first-order valence-corrected chi connectivity index (χ1v) is 13.3. The van der Waals surface area contributed by atoms with Gasteiger partial charge in [0.15, 0.2) is 11.5 Å². The van der Waals surface area contributed by atoms with Crippen LogP contribution in [-0.4, -0.2) is 30.3 Å². The van der Waals surface area contributed by atoms with Crippen LogP contribution >= 0.6 is 11.3 Å². The summed E-state index contributed by atoms with van der Waals surface area (Å²) in [6.07, 6.45) is 2.72. The van der Waals surface area contributed by atoms with Gasteiger partial charge in [-0.1, -0.05) is 25.1 Å². The molecular weight excluding hydrogens is 488 g/mol. The Morgan fingerprint density at radius 1 is 1.14 bits per heavy atom. The fraction of sp³-hybridized carbons (Fsp3) is 0.276. The number of anilines is 1. The highest BCUT2D eigenvalue weighted by Crippen LogP contribution is 2.41. The third-order valence-corrected chi connectivity index (χ3v) is 8.02. The van der Waals surface area contributed by atoms with Crippen molar-refractivity contribution in [3.63, 3.8) is 0 Å². The van der Waals surface area contributed by atoms with Gasteiger partial charge in [0.2, 0.25) is 6.79 Å². The van der Waals surface area contributed by atoms with Crippen LogP contribution in [-0.2, 0) is 17.6 Å². The quantitative estimate of drug-likeness (QED) is 0.317. The molecule has 0 spiro atoms. The van der Waals surface area contributed by atoms with Crippen molar-refractivity contribution in [2.45, 2.75) is 33.1 Å². The minimum Gasteiger partial charge on any atom is -0.462 e. The predicted molar refractivity (Wildman–Crippen MR) is 143 cm³/mol. The van der Waals surface area contributed by atoms with Gasteiger partial charge in [0.05, 0.1) is 28.9 Å². The summed E-state index contributed by atoms with van der Waals surface area (Å²) < 4.78 is 16.3. The molecule has 1 unspecified atom stereocenters. The smallest absolute Gasteiger partial charge is 0.341 e. The number of esters is 1. The summed E-state index contributed by atoms with van der Waals surface area (Å²) in [6.45, 7) is 4.47. The zero-order valence-corrected chi connectivity index (χ0v) is 21.4. The molecule has 7 nitrogen and oxygen atoms in total. The first-order chi connectivity index (χ1) is 18.0. The highest BCUT2D eigenvalue weighted by atomic mass is 32.1. The van der Waals surface area contributed by atoms with Crippen LogP contribution in [0.15, 0.2) is 48.5 Å². The lowest BCUT2D eigenvalue weighted by atomic mass is 9.88. The largest absolute Gasteiger partial charge is 0.462 e. The van der Waals surface area contributed by atoms with E-state index in [0.29, 0.717) is 44.8 Å². The maximum Gasteiger partial charge on any atom is 0.341 e. The highest BCUT2D eigenvalue weighted by Gasteiger charge is 2.29. The summed E-state index contributed by atoms with van der Waals surface area (Å²) in [5.41, 5.74) is 4.15. The van der Waals surface area contributed by atoms with E-state index in [4.69, 9.17) is 19.2 Å². The van der Waals surface area contributed by atoms with Crippen molar-refractivity contribution in [1.82, 2.24) is 4.98 Å². The summed E-state index contributed by atoms with van der Waals surface area (Å²) in [7, 11) is 0. The van der Waals surface area contributed by atoms with E-state index in [9.17, 15) is 9.59 Å². The molecule has 4 aromatic rings. The van der Waals surface area contributed by atoms with Crippen LogP contribution in [0.5, 0.6) is 11.5 Å². The molecule has 37 heavy (non-hydrogen) atoms. The molecule has 6 rings (SSSR count). The number of para-hydroxylation sites is 1. The molecule has 0 radical (unpaired) electrons. The molecule has 0 saturated heterocycles. The second kappa shape index (κ2) is 9.52. The van der Waals surface area contributed by atoms with Gasteiger partial charge in [-0.05, 0) is 68.0 Å². The molecule has 188 valence electrons. The van der Waals surface area contributed by atoms with Crippen LogP contribution in [0.4, 0.5) is 5.00 Å². The lowest BCUT2D eigenvalue weighted by molar-refractivity contribution is 0.0526. The van der Waals surface area contributed by atoms with Gasteiger partial charge in [-0.3, -0.25) is 4.79 Å². The second-order valence-electron chi connectivity index (χ2n) is 9.37. The Morgan fingerprint density at radius 3 is 2.84 bits per heavy atom. The van der Waals surface area contributed by atoms with Gasteiger partial charge in [0.1, 0.15) is 5.00 Å². The molecule has 1 N–H and O–H groups in total. The number of benzene rings is 2. The van der Waals surface area contributed by atoms with Crippen molar-refractivity contribution >= 4 is 39.1 Å². The van der Waals surface area contributed by atoms with Gasteiger partial charge in [-0.2, -0.15) is 0 Å². The van der Waals surface area contributed by atoms with Crippen LogP contribution < -0.4 is 14.8 Å². The van der Waals surface area contributed by atoms with Crippen LogP contribution in [0.3, 0.4) is 0 Å². The first kappa shape index (κ1) is 23.5. The van der Waals surface area contributed by atoms with Gasteiger partial charge in [-0.25, -0.2) is 9.78 Å². The number of carbonyl (C=O) groups is 2. The molecule has 1 aliphatic carbocycles. The molecule has 2 aliphatic rings. The van der Waals surface area contributed by atoms with Crippen LogP contribution in [0.2, 0.25) is 0 Å². The van der Waals surface area contributed by atoms with Crippen LogP contribution in [0, 0.1) is 5.92 Å². The van der Waals surface area contributed by atoms with E-state index in [-0.39, 0.29) is 25.3 Å². The predicted octanol–water partition coefficient (Wildman–Crippen LogP) is 6.25. The maximum atomic E-state index is 13.8. The molecule has 2 aromatic carbocycles. The average Bonchev–Trinajstić information content (AvgIpc) is 3.51. The number of nitrogens with one attached hydrogen (secondary N) is 1. The zero-order valence-electron chi connectivity index (χ0n) is 20.6. The Labute approximate surface area is 218 Å². The number of thiophene rings is 1. The number of fused-ring (bicyclic) bond motifs is 3. The molecule has 8 heteroatoms. The minimum absolute atomic E-state index is 0.184. The number of amides is 1. The van der Waals surface area contributed by atoms with E-state index < -0.39 is 0 Å². The van der Waals surface area contributed by atoms with Crippen molar-refractivity contribution in [1.29, 1.82) is 0 Å². The summed E-state index contributed by atoms with van der Waals surface area (Å²) in [5.74, 6) is 1.20. The summed E-state index contributed by atoms with van der Waals surface area (Å²) in [4.78, 5) is 32.7. The molecule has 0 fully saturated rings. The van der Waals surface area contributed by atoms with Crippen LogP contribution in [0.1, 0.15) is 51.4 Å². The summed E-state index contributed by atoms with van der Waals surface area (Å²) in [5, 5.41) is 4.34. The second-order valence-corrected chi connectivity index (χ2v) is 10.5. The standard InChI is InChI=1S/C29H26N2O5S/c1-3-34-29(33)26-19-10-8-16(2)12-25(19)37-28(26)31-27(32)20-14-22(30-21-7-5-4-6-18(20)21)17-9-11-23-24(13-17)36-15-35-23/h4-7,9,11,13-14,16H,3,8,10,12,15H2,1-2H3,(H,31,32). The molecule has 1 amide bonds. The van der Waals surface area contributed by atoms with Crippen molar-refractivity contribution in [2.75, 3.05) is 18.7 Å². The topological polar surface area (TPSA) is 86.8 Å². The molecule has 0 saturated carbocycles. The summed E-state index contributed by atoms with van der Waals surface area (Å²) in [6, 6.07) is 15.0.